The molecule has 0 fully saturated rings. The Morgan fingerprint density at radius 1 is 1.10 bits per heavy atom. The summed E-state index contributed by atoms with van der Waals surface area (Å²) in [7, 11) is -1.04. The zero-order chi connectivity index (χ0) is 22.1. The fourth-order valence-electron chi connectivity index (χ4n) is 3.38. The molecule has 2 heterocycles. The van der Waals surface area contributed by atoms with Gasteiger partial charge in [0.1, 0.15) is 6.33 Å². The van der Waals surface area contributed by atoms with Crippen LogP contribution in [-0.4, -0.2) is 42.2 Å². The molecule has 0 radical (unpaired) electrons. The van der Waals surface area contributed by atoms with Crippen molar-refractivity contribution in [2.24, 2.45) is 0 Å². The van der Waals surface area contributed by atoms with Crippen molar-refractivity contribution in [3.8, 4) is 16.9 Å². The highest BCUT2D eigenvalue weighted by molar-refractivity contribution is 7.84. The van der Waals surface area contributed by atoms with Crippen LogP contribution in [0.25, 0.3) is 28.0 Å². The zero-order valence-corrected chi connectivity index (χ0v) is 18.6. The molecule has 2 aromatic heterocycles. The van der Waals surface area contributed by atoms with Crippen molar-refractivity contribution < 1.29 is 9.00 Å². The smallest absolute Gasteiger partial charge is 0.251 e. The van der Waals surface area contributed by atoms with Crippen molar-refractivity contribution >= 4 is 27.7 Å². The molecule has 0 saturated heterocycles. The molecule has 1 amide bonds. The Bertz CT molecular complexity index is 1300. The van der Waals surface area contributed by atoms with Crippen molar-refractivity contribution in [1.82, 2.24) is 25.1 Å². The molecule has 8 heteroatoms. The first-order chi connectivity index (χ1) is 14.8. The predicted octanol–water partition coefficient (Wildman–Crippen LogP) is 3.67. The van der Waals surface area contributed by atoms with E-state index in [4.69, 9.17) is 0 Å². The van der Waals surface area contributed by atoms with Gasteiger partial charge in [-0.15, -0.1) is 0 Å². The molecule has 31 heavy (non-hydrogen) atoms. The molecule has 0 spiro atoms. The maximum absolute atomic E-state index is 12.5. The summed E-state index contributed by atoms with van der Waals surface area (Å²) >= 11 is 0. The van der Waals surface area contributed by atoms with Crippen molar-refractivity contribution in [2.45, 2.75) is 31.7 Å². The van der Waals surface area contributed by atoms with Crippen LogP contribution in [0.2, 0.25) is 0 Å². The highest BCUT2D eigenvalue weighted by Crippen LogP contribution is 2.28. The molecule has 4 rings (SSSR count). The van der Waals surface area contributed by atoms with E-state index in [0.29, 0.717) is 11.2 Å². The van der Waals surface area contributed by atoms with Gasteiger partial charge in [-0.2, -0.15) is 5.10 Å². The molecule has 0 aliphatic heterocycles. The minimum Gasteiger partial charge on any atom is -0.350 e. The van der Waals surface area contributed by atoms with Crippen LogP contribution in [0, 0.1) is 6.92 Å². The largest absolute Gasteiger partial charge is 0.350 e. The molecule has 0 bridgehead atoms. The Balaban J connectivity index is 1.80. The van der Waals surface area contributed by atoms with E-state index >= 15 is 0 Å². The standard InChI is InChI=1S/C23H23N5O2S/c1-14(2)27-23(29)17-6-5-15(3)20(11-17)28-22-19(12-26-28)21(24-13-25-22)16-7-9-18(10-8-16)31(4)30/h5-14H,1-4H3,(H,27,29). The lowest BCUT2D eigenvalue weighted by molar-refractivity contribution is 0.0943. The molecule has 158 valence electrons. The molecule has 1 unspecified atom stereocenters. The third-order valence-corrected chi connectivity index (χ3v) is 5.88. The van der Waals surface area contributed by atoms with Crippen LogP contribution in [0.4, 0.5) is 0 Å². The van der Waals surface area contributed by atoms with Gasteiger partial charge >= 0.3 is 0 Å². The van der Waals surface area contributed by atoms with Crippen LogP contribution in [0.3, 0.4) is 0 Å². The maximum Gasteiger partial charge on any atom is 0.251 e. The van der Waals surface area contributed by atoms with Crippen LogP contribution in [-0.2, 0) is 10.8 Å². The Kier molecular flexibility index (Phi) is 5.65. The fourth-order valence-corrected chi connectivity index (χ4v) is 3.90. The third kappa shape index (κ3) is 4.11. The molecule has 4 aromatic rings. The van der Waals surface area contributed by atoms with Gasteiger partial charge in [-0.1, -0.05) is 18.2 Å². The van der Waals surface area contributed by atoms with Crippen LogP contribution < -0.4 is 5.32 Å². The number of hydrogen-bond donors (Lipinski definition) is 1. The van der Waals surface area contributed by atoms with Crippen LogP contribution >= 0.6 is 0 Å². The van der Waals surface area contributed by atoms with Gasteiger partial charge in [0.2, 0.25) is 0 Å². The normalized spacial score (nSPS) is 12.3. The van der Waals surface area contributed by atoms with E-state index in [1.807, 2.05) is 63.2 Å². The summed E-state index contributed by atoms with van der Waals surface area (Å²) in [6.07, 6.45) is 4.89. The molecule has 1 N–H and O–H groups in total. The number of hydrogen-bond acceptors (Lipinski definition) is 5. The molecular formula is C23H23N5O2S. The van der Waals surface area contributed by atoms with Gasteiger partial charge < -0.3 is 5.32 Å². The van der Waals surface area contributed by atoms with E-state index in [1.54, 1.807) is 17.1 Å². The van der Waals surface area contributed by atoms with Gasteiger partial charge in [-0.25, -0.2) is 14.6 Å². The quantitative estimate of drug-likeness (QED) is 0.519. The number of benzene rings is 2. The fraction of sp³-hybridized carbons (Fsp3) is 0.217. The van der Waals surface area contributed by atoms with E-state index < -0.39 is 10.8 Å². The molecule has 1 atom stereocenters. The number of fused-ring (bicyclic) bond motifs is 1. The summed E-state index contributed by atoms with van der Waals surface area (Å²) in [6, 6.07) is 13.1. The maximum atomic E-state index is 12.5. The van der Waals surface area contributed by atoms with Gasteiger partial charge in [0, 0.05) is 39.1 Å². The van der Waals surface area contributed by atoms with E-state index in [9.17, 15) is 9.00 Å². The first-order valence-corrected chi connectivity index (χ1v) is 11.5. The third-order valence-electron chi connectivity index (χ3n) is 4.94. The second-order valence-corrected chi connectivity index (χ2v) is 9.00. The Hall–Kier alpha value is -3.39. The van der Waals surface area contributed by atoms with Crippen molar-refractivity contribution in [1.29, 1.82) is 0 Å². The SMILES string of the molecule is Cc1ccc(C(=O)NC(C)C)cc1-n1ncc2c(-c3ccc(S(C)=O)cc3)ncnc21. The number of amides is 1. The summed E-state index contributed by atoms with van der Waals surface area (Å²) in [6.45, 7) is 5.83. The number of carbonyl (C=O) groups excluding carboxylic acids is 1. The molecular weight excluding hydrogens is 410 g/mol. The molecule has 7 nitrogen and oxygen atoms in total. The summed E-state index contributed by atoms with van der Waals surface area (Å²) in [5, 5.41) is 8.26. The van der Waals surface area contributed by atoms with Gasteiger partial charge in [0.05, 0.1) is 23.0 Å². The minimum atomic E-state index is -1.04. The number of rotatable bonds is 5. The van der Waals surface area contributed by atoms with Gasteiger partial charge in [0.25, 0.3) is 5.91 Å². The van der Waals surface area contributed by atoms with Crippen molar-refractivity contribution in [2.75, 3.05) is 6.26 Å². The van der Waals surface area contributed by atoms with Gasteiger partial charge in [0.15, 0.2) is 5.65 Å². The first kappa shape index (κ1) is 20.9. The topological polar surface area (TPSA) is 89.8 Å². The Labute approximate surface area is 183 Å². The van der Waals surface area contributed by atoms with Gasteiger partial charge in [-0.05, 0) is 50.6 Å². The Morgan fingerprint density at radius 2 is 1.84 bits per heavy atom. The average Bonchev–Trinajstić information content (AvgIpc) is 3.17. The zero-order valence-electron chi connectivity index (χ0n) is 17.8. The van der Waals surface area contributed by atoms with Crippen molar-refractivity contribution in [3.05, 3.63) is 66.1 Å². The number of carbonyl (C=O) groups is 1. The minimum absolute atomic E-state index is 0.0506. The lowest BCUT2D eigenvalue weighted by Crippen LogP contribution is -2.30. The lowest BCUT2D eigenvalue weighted by Gasteiger charge is -2.12. The summed E-state index contributed by atoms with van der Waals surface area (Å²) < 4.78 is 13.4. The number of aryl methyl sites for hydroxylation is 1. The van der Waals surface area contributed by atoms with Crippen LogP contribution in [0.15, 0.2) is 59.9 Å². The van der Waals surface area contributed by atoms with E-state index in [-0.39, 0.29) is 11.9 Å². The highest BCUT2D eigenvalue weighted by atomic mass is 32.2. The second-order valence-electron chi connectivity index (χ2n) is 7.62. The number of nitrogens with zero attached hydrogens (tertiary/aromatic N) is 4. The lowest BCUT2D eigenvalue weighted by atomic mass is 10.1. The summed E-state index contributed by atoms with van der Waals surface area (Å²) in [4.78, 5) is 22.1. The first-order valence-electron chi connectivity index (χ1n) is 9.89. The molecule has 0 aliphatic rings. The van der Waals surface area contributed by atoms with E-state index in [0.717, 1.165) is 32.8 Å². The molecule has 0 aliphatic carbocycles. The molecule has 0 saturated carbocycles. The average molecular weight is 434 g/mol. The second kappa shape index (κ2) is 8.39. The highest BCUT2D eigenvalue weighted by Gasteiger charge is 2.16. The van der Waals surface area contributed by atoms with Crippen LogP contribution in [0.5, 0.6) is 0 Å². The van der Waals surface area contributed by atoms with E-state index in [2.05, 4.69) is 20.4 Å². The summed E-state index contributed by atoms with van der Waals surface area (Å²) in [5.41, 5.74) is 4.61. The summed E-state index contributed by atoms with van der Waals surface area (Å²) in [5.74, 6) is -0.128. The Morgan fingerprint density at radius 3 is 2.52 bits per heavy atom. The molecule has 2 aromatic carbocycles. The number of nitrogens with one attached hydrogen (secondary N) is 1. The number of aromatic nitrogens is 4. The van der Waals surface area contributed by atoms with Crippen molar-refractivity contribution in [3.63, 3.8) is 0 Å². The van der Waals surface area contributed by atoms with E-state index in [1.165, 1.54) is 6.33 Å². The monoisotopic (exact) mass is 433 g/mol. The van der Waals surface area contributed by atoms with Gasteiger partial charge in [-0.3, -0.25) is 9.00 Å². The predicted molar refractivity (Wildman–Crippen MR) is 122 cm³/mol. The van der Waals surface area contributed by atoms with Crippen LogP contribution in [0.1, 0.15) is 29.8 Å².